The predicted octanol–water partition coefficient (Wildman–Crippen LogP) is -3.75. The van der Waals surface area contributed by atoms with Crippen LogP contribution in [0.25, 0.3) is 0 Å². The van der Waals surface area contributed by atoms with Gasteiger partial charge in [0.05, 0.1) is 12.1 Å². The van der Waals surface area contributed by atoms with Gasteiger partial charge in [-0.2, -0.15) is 0 Å². The van der Waals surface area contributed by atoms with E-state index >= 15 is 0 Å². The number of amides is 4. The highest BCUT2D eigenvalue weighted by Gasteiger charge is 2.30. The highest BCUT2D eigenvalue weighted by Crippen LogP contribution is 2.06. The first-order chi connectivity index (χ1) is 13.3. The minimum Gasteiger partial charge on any atom is -0.390 e. The van der Waals surface area contributed by atoms with Gasteiger partial charge in [-0.1, -0.05) is 0 Å². The van der Waals surface area contributed by atoms with E-state index in [9.17, 15) is 28.8 Å². The minimum atomic E-state index is -1.38. The first-order valence-electron chi connectivity index (χ1n) is 8.79. The molecule has 13 nitrogen and oxygen atoms in total. The van der Waals surface area contributed by atoms with Gasteiger partial charge in [0.2, 0.25) is 23.6 Å². The Morgan fingerprint density at radius 1 is 0.724 bits per heavy atom. The molecule has 4 atom stereocenters. The zero-order valence-corrected chi connectivity index (χ0v) is 16.3. The van der Waals surface area contributed by atoms with Crippen LogP contribution in [0, 0.1) is 0 Å². The maximum absolute atomic E-state index is 12.3. The number of rotatable bonds is 12. The number of ether oxygens (including phenoxy) is 1. The van der Waals surface area contributed by atoms with Crippen molar-refractivity contribution >= 4 is 35.6 Å². The summed E-state index contributed by atoms with van der Waals surface area (Å²) in [4.78, 5) is 70.1. The fourth-order valence-electron chi connectivity index (χ4n) is 1.92. The maximum atomic E-state index is 12.3. The molecular weight excluding hydrogens is 388 g/mol. The summed E-state index contributed by atoms with van der Waals surface area (Å²) in [6.07, 6.45) is -1.03. The van der Waals surface area contributed by atoms with Gasteiger partial charge < -0.3 is 38.3 Å². The molecule has 0 aromatic heterocycles. The van der Waals surface area contributed by atoms with Gasteiger partial charge in [-0.3, -0.25) is 19.2 Å². The number of carbonyl (C=O) groups is 6. The van der Waals surface area contributed by atoms with Gasteiger partial charge in [0, 0.05) is 12.8 Å². The summed E-state index contributed by atoms with van der Waals surface area (Å²) < 4.78 is 4.71. The Hall–Kier alpha value is -3.06. The normalized spacial score (nSPS) is 14.6. The molecule has 0 spiro atoms. The second kappa shape index (κ2) is 12.4. The van der Waals surface area contributed by atoms with Crippen molar-refractivity contribution in [3.8, 4) is 0 Å². The van der Waals surface area contributed by atoms with Gasteiger partial charge in [-0.15, -0.1) is 0 Å². The van der Waals surface area contributed by atoms with Gasteiger partial charge >= 0.3 is 11.9 Å². The van der Waals surface area contributed by atoms with Crippen molar-refractivity contribution in [1.29, 1.82) is 0 Å². The van der Waals surface area contributed by atoms with Crippen LogP contribution >= 0.6 is 0 Å². The van der Waals surface area contributed by atoms with Crippen molar-refractivity contribution in [2.75, 3.05) is 0 Å². The lowest BCUT2D eigenvalue weighted by Crippen LogP contribution is -2.51. The lowest BCUT2D eigenvalue weighted by molar-refractivity contribution is -0.164. The Balaban J connectivity index is 5.26. The number of carbonyl (C=O) groups excluding carboxylic acids is 6. The van der Waals surface area contributed by atoms with Crippen molar-refractivity contribution in [1.82, 2.24) is 10.6 Å². The molecule has 29 heavy (non-hydrogen) atoms. The second-order valence-electron chi connectivity index (χ2n) is 6.45. The van der Waals surface area contributed by atoms with Crippen LogP contribution in [0.2, 0.25) is 0 Å². The molecule has 10 N–H and O–H groups in total. The van der Waals surface area contributed by atoms with Crippen molar-refractivity contribution in [3.05, 3.63) is 0 Å². The van der Waals surface area contributed by atoms with Gasteiger partial charge in [0.1, 0.15) is 12.1 Å². The summed E-state index contributed by atoms with van der Waals surface area (Å²) >= 11 is 0. The number of hydrogen-bond donors (Lipinski definition) is 6. The van der Waals surface area contributed by atoms with Crippen molar-refractivity contribution in [3.63, 3.8) is 0 Å². The first kappa shape index (κ1) is 25.9. The molecule has 0 aliphatic carbocycles. The van der Waals surface area contributed by atoms with E-state index in [1.54, 1.807) is 0 Å². The van der Waals surface area contributed by atoms with Gasteiger partial charge in [-0.25, -0.2) is 9.59 Å². The highest BCUT2D eigenvalue weighted by molar-refractivity contribution is 5.96. The standard InChI is InChI=1S/C16H28N6O7/c1-7(17)13(25)21-9(3-5-11(19)23)15(27)29-16(28)10(4-6-12(20)24)22-14(26)8(2)18/h7-10H,3-6,17-18H2,1-2H3,(H2,19,23)(H2,20,24)(H,21,25)(H,22,26). The predicted molar refractivity (Wildman–Crippen MR) is 99.1 cm³/mol. The molecule has 0 fully saturated rings. The average Bonchev–Trinajstić information content (AvgIpc) is 2.60. The fraction of sp³-hybridized carbons (Fsp3) is 0.625. The molecule has 0 saturated carbocycles. The molecule has 0 bridgehead atoms. The van der Waals surface area contributed by atoms with E-state index in [1.807, 2.05) is 0 Å². The van der Waals surface area contributed by atoms with E-state index in [0.29, 0.717) is 0 Å². The molecule has 4 unspecified atom stereocenters. The van der Waals surface area contributed by atoms with Gasteiger partial charge in [0.25, 0.3) is 0 Å². The molecule has 0 aliphatic heterocycles. The third-order valence-corrected chi connectivity index (χ3v) is 3.59. The zero-order chi connectivity index (χ0) is 22.7. The summed E-state index contributed by atoms with van der Waals surface area (Å²) in [5, 5.41) is 4.49. The Bertz CT molecular complexity index is 596. The molecular formula is C16H28N6O7. The van der Waals surface area contributed by atoms with E-state index in [0.717, 1.165) is 0 Å². The second-order valence-corrected chi connectivity index (χ2v) is 6.45. The Kier molecular flexibility index (Phi) is 11.1. The molecule has 0 rings (SSSR count). The largest absolute Gasteiger partial charge is 0.390 e. The average molecular weight is 416 g/mol. The van der Waals surface area contributed by atoms with Crippen molar-refractivity contribution < 1.29 is 33.5 Å². The molecule has 0 aliphatic rings. The minimum absolute atomic E-state index is 0.238. The van der Waals surface area contributed by atoms with Crippen LogP contribution in [0.3, 0.4) is 0 Å². The van der Waals surface area contributed by atoms with Crippen LogP contribution in [0.5, 0.6) is 0 Å². The number of nitrogens with two attached hydrogens (primary N) is 4. The first-order valence-corrected chi connectivity index (χ1v) is 8.79. The number of nitrogens with one attached hydrogen (secondary N) is 2. The maximum Gasteiger partial charge on any atom is 0.336 e. The van der Waals surface area contributed by atoms with Crippen LogP contribution in [-0.4, -0.2) is 59.7 Å². The number of hydrogen-bond acceptors (Lipinski definition) is 9. The quantitative estimate of drug-likeness (QED) is 0.135. The van der Waals surface area contributed by atoms with E-state index in [-0.39, 0.29) is 25.7 Å². The lowest BCUT2D eigenvalue weighted by Gasteiger charge is -2.21. The summed E-state index contributed by atoms with van der Waals surface area (Å²) in [6.45, 7) is 2.72. The van der Waals surface area contributed by atoms with Crippen molar-refractivity contribution in [2.24, 2.45) is 22.9 Å². The van der Waals surface area contributed by atoms with E-state index in [1.165, 1.54) is 13.8 Å². The molecule has 0 radical (unpaired) electrons. The van der Waals surface area contributed by atoms with E-state index in [4.69, 9.17) is 27.7 Å². The molecule has 0 saturated heterocycles. The van der Waals surface area contributed by atoms with Gasteiger partial charge in [0.15, 0.2) is 0 Å². The molecule has 13 heteroatoms. The smallest absolute Gasteiger partial charge is 0.336 e. The third kappa shape index (κ3) is 10.8. The van der Waals surface area contributed by atoms with Crippen LogP contribution in [0.4, 0.5) is 0 Å². The molecule has 0 heterocycles. The molecule has 4 amide bonds. The van der Waals surface area contributed by atoms with Crippen LogP contribution < -0.4 is 33.6 Å². The summed E-state index contributed by atoms with van der Waals surface area (Å²) in [5.74, 6) is -5.31. The van der Waals surface area contributed by atoms with E-state index < -0.39 is 59.7 Å². The fourth-order valence-corrected chi connectivity index (χ4v) is 1.92. The SMILES string of the molecule is CC(N)C(=O)NC(CCC(N)=O)C(=O)OC(=O)C(CCC(N)=O)NC(=O)C(C)N. The topological polar surface area (TPSA) is 240 Å². The molecule has 164 valence electrons. The number of esters is 2. The zero-order valence-electron chi connectivity index (χ0n) is 16.3. The van der Waals surface area contributed by atoms with E-state index in [2.05, 4.69) is 10.6 Å². The third-order valence-electron chi connectivity index (χ3n) is 3.59. The molecule has 0 aromatic rings. The highest BCUT2D eigenvalue weighted by atomic mass is 16.6. The van der Waals surface area contributed by atoms with Crippen LogP contribution in [0.15, 0.2) is 0 Å². The summed E-state index contributed by atoms with van der Waals surface area (Å²) in [5.41, 5.74) is 20.9. The Morgan fingerprint density at radius 3 is 1.28 bits per heavy atom. The Labute approximate surface area is 167 Å². The molecule has 0 aromatic carbocycles. The monoisotopic (exact) mass is 416 g/mol. The summed E-state index contributed by atoms with van der Waals surface area (Å²) in [6, 6.07) is -4.71. The van der Waals surface area contributed by atoms with Crippen LogP contribution in [-0.2, 0) is 33.5 Å². The van der Waals surface area contributed by atoms with Gasteiger partial charge in [-0.05, 0) is 26.7 Å². The number of primary amides is 2. The lowest BCUT2D eigenvalue weighted by atomic mass is 10.1. The van der Waals surface area contributed by atoms with Crippen molar-refractivity contribution in [2.45, 2.75) is 63.7 Å². The summed E-state index contributed by atoms with van der Waals surface area (Å²) in [7, 11) is 0. The van der Waals surface area contributed by atoms with Crippen LogP contribution in [0.1, 0.15) is 39.5 Å². The Morgan fingerprint density at radius 2 is 1.03 bits per heavy atom.